The Morgan fingerprint density at radius 1 is 1.03 bits per heavy atom. The Bertz CT molecular complexity index is 874. The molecule has 2 aromatic carbocycles. The van der Waals surface area contributed by atoms with Gasteiger partial charge in [0.25, 0.3) is 5.91 Å². The lowest BCUT2D eigenvalue weighted by atomic mass is 10.1. The van der Waals surface area contributed by atoms with Crippen LogP contribution < -0.4 is 18.9 Å². The van der Waals surface area contributed by atoms with Gasteiger partial charge in [-0.3, -0.25) is 4.79 Å². The minimum atomic E-state index is -0.688. The monoisotopic (exact) mass is 401 g/mol. The molecule has 8 heteroatoms. The number of rotatable bonds is 8. The molecule has 0 aliphatic carbocycles. The van der Waals surface area contributed by atoms with Gasteiger partial charge >= 0.3 is 5.97 Å². The summed E-state index contributed by atoms with van der Waals surface area (Å²) in [6.07, 6.45) is 0. The Balaban J connectivity index is 1.64. The van der Waals surface area contributed by atoms with E-state index < -0.39 is 12.6 Å². The Kier molecular flexibility index (Phi) is 6.43. The number of carbonyl (C=O) groups is 2. The first kappa shape index (κ1) is 20.3. The molecule has 0 aromatic heterocycles. The van der Waals surface area contributed by atoms with Gasteiger partial charge in [0.1, 0.15) is 17.1 Å². The van der Waals surface area contributed by atoms with Gasteiger partial charge in [-0.2, -0.15) is 0 Å². The van der Waals surface area contributed by atoms with Crippen molar-refractivity contribution in [3.63, 3.8) is 0 Å². The van der Waals surface area contributed by atoms with Crippen LogP contribution >= 0.6 is 0 Å². The highest BCUT2D eigenvalue weighted by molar-refractivity contribution is 5.96. The second-order valence-corrected chi connectivity index (χ2v) is 6.21. The Hall–Kier alpha value is -3.42. The van der Waals surface area contributed by atoms with Gasteiger partial charge < -0.3 is 28.6 Å². The number of hydrogen-bond acceptors (Lipinski definition) is 7. The largest absolute Gasteiger partial charge is 0.496 e. The summed E-state index contributed by atoms with van der Waals surface area (Å²) in [7, 11) is 2.89. The third-order valence-electron chi connectivity index (χ3n) is 4.50. The molecule has 3 rings (SSSR count). The van der Waals surface area contributed by atoms with Crippen molar-refractivity contribution in [2.75, 3.05) is 34.2 Å². The average molecular weight is 401 g/mol. The number of methoxy groups -OCH3 is 2. The molecule has 0 fully saturated rings. The summed E-state index contributed by atoms with van der Waals surface area (Å²) < 4.78 is 26.3. The summed E-state index contributed by atoms with van der Waals surface area (Å²) >= 11 is 0. The van der Waals surface area contributed by atoms with Gasteiger partial charge in [0.15, 0.2) is 18.1 Å². The SMILES string of the molecule is CCN(Cc1ccc2c(c1)OCO2)C(=O)COC(=O)c1c(OC)cccc1OC. The number of likely N-dealkylation sites (N-methyl/N-ethyl adjacent to an activating group) is 1. The van der Waals surface area contributed by atoms with Crippen LogP contribution in [0.2, 0.25) is 0 Å². The van der Waals surface area contributed by atoms with E-state index in [0.29, 0.717) is 36.1 Å². The minimum absolute atomic E-state index is 0.143. The van der Waals surface area contributed by atoms with Crippen LogP contribution in [-0.2, 0) is 16.1 Å². The van der Waals surface area contributed by atoms with Gasteiger partial charge in [-0.1, -0.05) is 12.1 Å². The Morgan fingerprint density at radius 3 is 2.38 bits per heavy atom. The first-order valence-corrected chi connectivity index (χ1v) is 9.11. The van der Waals surface area contributed by atoms with E-state index in [4.69, 9.17) is 23.7 Å². The molecule has 0 saturated carbocycles. The van der Waals surface area contributed by atoms with Crippen LogP contribution in [0.1, 0.15) is 22.8 Å². The second-order valence-electron chi connectivity index (χ2n) is 6.21. The highest BCUT2D eigenvalue weighted by Crippen LogP contribution is 2.33. The summed E-state index contributed by atoms with van der Waals surface area (Å²) in [4.78, 5) is 26.7. The minimum Gasteiger partial charge on any atom is -0.496 e. The van der Waals surface area contributed by atoms with Crippen molar-refractivity contribution in [3.8, 4) is 23.0 Å². The van der Waals surface area contributed by atoms with E-state index in [1.165, 1.54) is 14.2 Å². The fourth-order valence-electron chi connectivity index (χ4n) is 2.98. The van der Waals surface area contributed by atoms with E-state index in [1.54, 1.807) is 23.1 Å². The highest BCUT2D eigenvalue weighted by Gasteiger charge is 2.22. The van der Waals surface area contributed by atoms with E-state index in [-0.39, 0.29) is 18.3 Å². The molecule has 0 N–H and O–H groups in total. The lowest BCUT2D eigenvalue weighted by molar-refractivity contribution is -0.135. The van der Waals surface area contributed by atoms with Crippen LogP contribution in [-0.4, -0.2) is 50.9 Å². The molecule has 0 saturated heterocycles. The van der Waals surface area contributed by atoms with Gasteiger partial charge in [0.05, 0.1) is 14.2 Å². The number of esters is 1. The summed E-state index contributed by atoms with van der Waals surface area (Å²) in [5.41, 5.74) is 1.03. The predicted molar refractivity (Wildman–Crippen MR) is 103 cm³/mol. The number of carbonyl (C=O) groups excluding carboxylic acids is 2. The lowest BCUT2D eigenvalue weighted by Crippen LogP contribution is -2.34. The zero-order valence-corrected chi connectivity index (χ0v) is 16.6. The number of amides is 1. The third kappa shape index (κ3) is 4.53. The maximum absolute atomic E-state index is 12.6. The van der Waals surface area contributed by atoms with Crippen molar-refractivity contribution in [2.24, 2.45) is 0 Å². The van der Waals surface area contributed by atoms with E-state index in [2.05, 4.69) is 0 Å². The molecule has 0 unspecified atom stereocenters. The van der Waals surface area contributed by atoms with Crippen molar-refractivity contribution in [1.82, 2.24) is 4.90 Å². The second kappa shape index (κ2) is 9.18. The van der Waals surface area contributed by atoms with Crippen LogP contribution in [0.3, 0.4) is 0 Å². The summed E-state index contributed by atoms with van der Waals surface area (Å²) in [6, 6.07) is 10.5. The van der Waals surface area contributed by atoms with Crippen molar-refractivity contribution in [1.29, 1.82) is 0 Å². The van der Waals surface area contributed by atoms with E-state index >= 15 is 0 Å². The fourth-order valence-corrected chi connectivity index (χ4v) is 2.98. The smallest absolute Gasteiger partial charge is 0.346 e. The molecule has 0 bridgehead atoms. The third-order valence-corrected chi connectivity index (χ3v) is 4.50. The summed E-state index contributed by atoms with van der Waals surface area (Å²) in [5, 5.41) is 0. The Morgan fingerprint density at radius 2 is 1.72 bits per heavy atom. The molecule has 8 nitrogen and oxygen atoms in total. The lowest BCUT2D eigenvalue weighted by Gasteiger charge is -2.21. The first-order chi connectivity index (χ1) is 14.1. The summed E-state index contributed by atoms with van der Waals surface area (Å²) in [6.45, 7) is 2.48. The van der Waals surface area contributed by atoms with E-state index in [9.17, 15) is 9.59 Å². The van der Waals surface area contributed by atoms with E-state index in [0.717, 1.165) is 5.56 Å². The molecule has 1 heterocycles. The standard InChI is InChI=1S/C21H23NO7/c1-4-22(11-14-8-9-15-18(10-14)29-13-28-15)19(23)12-27-21(24)20-16(25-2)6-5-7-17(20)26-3/h5-10H,4,11-13H2,1-3H3. The normalized spacial score (nSPS) is 11.7. The number of fused-ring (bicyclic) bond motifs is 1. The maximum Gasteiger partial charge on any atom is 0.346 e. The molecule has 0 radical (unpaired) electrons. The average Bonchev–Trinajstić information content (AvgIpc) is 3.22. The van der Waals surface area contributed by atoms with Gasteiger partial charge in [0.2, 0.25) is 6.79 Å². The first-order valence-electron chi connectivity index (χ1n) is 9.11. The quantitative estimate of drug-likeness (QED) is 0.629. The van der Waals surface area contributed by atoms with Crippen molar-refractivity contribution >= 4 is 11.9 Å². The molecule has 2 aromatic rings. The Labute approximate surface area is 168 Å². The van der Waals surface area contributed by atoms with Gasteiger partial charge in [-0.25, -0.2) is 4.79 Å². The van der Waals surface area contributed by atoms with Crippen LogP contribution in [0, 0.1) is 0 Å². The number of ether oxygens (including phenoxy) is 5. The molecule has 0 atom stereocenters. The van der Waals surface area contributed by atoms with E-state index in [1.807, 2.05) is 25.1 Å². The predicted octanol–water partition coefficient (Wildman–Crippen LogP) is 2.64. The molecular weight excluding hydrogens is 378 g/mol. The van der Waals surface area contributed by atoms with Gasteiger partial charge in [-0.15, -0.1) is 0 Å². The molecule has 1 aliphatic heterocycles. The molecule has 29 heavy (non-hydrogen) atoms. The van der Waals surface area contributed by atoms with Crippen LogP contribution in [0.4, 0.5) is 0 Å². The molecule has 1 aliphatic rings. The zero-order valence-electron chi connectivity index (χ0n) is 16.6. The fraction of sp³-hybridized carbons (Fsp3) is 0.333. The van der Waals surface area contributed by atoms with Crippen molar-refractivity contribution in [3.05, 3.63) is 47.5 Å². The van der Waals surface area contributed by atoms with Gasteiger partial charge in [0, 0.05) is 13.1 Å². The zero-order chi connectivity index (χ0) is 20.8. The number of nitrogens with zero attached hydrogens (tertiary/aromatic N) is 1. The van der Waals surface area contributed by atoms with Crippen LogP contribution in [0.25, 0.3) is 0 Å². The molecule has 1 amide bonds. The number of benzene rings is 2. The molecule has 154 valence electrons. The van der Waals surface area contributed by atoms with Gasteiger partial charge in [-0.05, 0) is 36.8 Å². The van der Waals surface area contributed by atoms with Crippen molar-refractivity contribution in [2.45, 2.75) is 13.5 Å². The topological polar surface area (TPSA) is 83.5 Å². The summed E-state index contributed by atoms with van der Waals surface area (Å²) in [5.74, 6) is 0.965. The molecular formula is C21H23NO7. The molecule has 0 spiro atoms. The highest BCUT2D eigenvalue weighted by atomic mass is 16.7. The van der Waals surface area contributed by atoms with Crippen LogP contribution in [0.5, 0.6) is 23.0 Å². The van der Waals surface area contributed by atoms with Crippen molar-refractivity contribution < 1.29 is 33.3 Å². The van der Waals surface area contributed by atoms with Crippen LogP contribution in [0.15, 0.2) is 36.4 Å². The maximum atomic E-state index is 12.6. The number of hydrogen-bond donors (Lipinski definition) is 0.